The molecule has 0 aromatic heterocycles. The number of rotatable bonds is 4. The van der Waals surface area contributed by atoms with Gasteiger partial charge in [-0.15, -0.1) is 0 Å². The third kappa shape index (κ3) is 4.69. The van der Waals surface area contributed by atoms with Crippen LogP contribution in [0.1, 0.15) is 12.0 Å². The summed E-state index contributed by atoms with van der Waals surface area (Å²) in [6.07, 6.45) is -5.25. The number of amides is 2. The Balaban J connectivity index is 1.61. The maximum absolute atomic E-state index is 12.9. The van der Waals surface area contributed by atoms with Gasteiger partial charge in [-0.1, -0.05) is 12.1 Å². The summed E-state index contributed by atoms with van der Waals surface area (Å²) < 4.78 is 49.6. The highest BCUT2D eigenvalue weighted by atomic mass is 19.4. The van der Waals surface area contributed by atoms with Gasteiger partial charge in [0.2, 0.25) is 11.8 Å². The number of anilines is 2. The first kappa shape index (κ1) is 18.6. The van der Waals surface area contributed by atoms with Gasteiger partial charge in [-0.2, -0.15) is 13.2 Å². The zero-order valence-corrected chi connectivity index (χ0v) is 13.9. The molecule has 0 aliphatic carbocycles. The first-order chi connectivity index (χ1) is 12.8. The van der Waals surface area contributed by atoms with Crippen molar-refractivity contribution in [3.63, 3.8) is 0 Å². The highest BCUT2D eigenvalue weighted by Crippen LogP contribution is 2.35. The maximum Gasteiger partial charge on any atom is 0.418 e. The molecule has 9 heteroatoms. The lowest BCUT2D eigenvalue weighted by Crippen LogP contribution is -2.23. The van der Waals surface area contributed by atoms with E-state index >= 15 is 0 Å². The first-order valence-corrected chi connectivity index (χ1v) is 7.98. The van der Waals surface area contributed by atoms with Gasteiger partial charge in [0.15, 0.2) is 11.5 Å². The second kappa shape index (κ2) is 7.56. The second-order valence-corrected chi connectivity index (χ2v) is 5.67. The lowest BCUT2D eigenvalue weighted by atomic mass is 10.1. The molecule has 0 fully saturated rings. The molecule has 0 spiro atoms. The molecule has 2 aromatic rings. The van der Waals surface area contributed by atoms with E-state index in [1.54, 1.807) is 18.2 Å². The molecule has 0 saturated carbocycles. The van der Waals surface area contributed by atoms with Crippen LogP contribution in [0.5, 0.6) is 11.5 Å². The number of para-hydroxylation sites is 1. The summed E-state index contributed by atoms with van der Waals surface area (Å²) in [5.74, 6) is -0.529. The van der Waals surface area contributed by atoms with Gasteiger partial charge in [-0.05, 0) is 24.3 Å². The van der Waals surface area contributed by atoms with Crippen molar-refractivity contribution >= 4 is 23.2 Å². The van der Waals surface area contributed by atoms with Gasteiger partial charge in [0.05, 0.1) is 11.3 Å². The van der Waals surface area contributed by atoms with Crippen molar-refractivity contribution in [1.29, 1.82) is 0 Å². The van der Waals surface area contributed by atoms with Gasteiger partial charge in [0.1, 0.15) is 19.6 Å². The van der Waals surface area contributed by atoms with Crippen molar-refractivity contribution in [2.75, 3.05) is 23.8 Å². The minimum Gasteiger partial charge on any atom is -0.486 e. The van der Waals surface area contributed by atoms with E-state index in [1.807, 2.05) is 0 Å². The number of halogens is 3. The van der Waals surface area contributed by atoms with Crippen LogP contribution in [0.4, 0.5) is 24.5 Å². The molecule has 2 aromatic carbocycles. The predicted octanol–water partition coefficient (Wildman–Crippen LogP) is 3.44. The molecule has 2 amide bonds. The Kier molecular flexibility index (Phi) is 5.20. The summed E-state index contributed by atoms with van der Waals surface area (Å²) in [6, 6.07) is 9.28. The minimum absolute atomic E-state index is 0.380. The van der Waals surface area contributed by atoms with Crippen LogP contribution in [0.15, 0.2) is 42.5 Å². The Morgan fingerprint density at radius 3 is 2.33 bits per heavy atom. The van der Waals surface area contributed by atoms with Crippen molar-refractivity contribution in [2.45, 2.75) is 12.6 Å². The molecule has 6 nitrogen and oxygen atoms in total. The van der Waals surface area contributed by atoms with Crippen molar-refractivity contribution in [3.05, 3.63) is 48.0 Å². The molecule has 1 aliphatic heterocycles. The maximum atomic E-state index is 12.9. The topological polar surface area (TPSA) is 76.7 Å². The average molecular weight is 380 g/mol. The molecule has 1 aliphatic rings. The van der Waals surface area contributed by atoms with E-state index in [9.17, 15) is 22.8 Å². The molecular weight excluding hydrogens is 365 g/mol. The zero-order valence-electron chi connectivity index (χ0n) is 13.9. The number of hydrogen-bond acceptors (Lipinski definition) is 4. The molecule has 0 radical (unpaired) electrons. The summed E-state index contributed by atoms with van der Waals surface area (Å²) in [5, 5.41) is 4.62. The van der Waals surface area contributed by atoms with Crippen LogP contribution in [0.2, 0.25) is 0 Å². The van der Waals surface area contributed by atoms with E-state index in [4.69, 9.17) is 9.47 Å². The van der Waals surface area contributed by atoms with E-state index in [0.717, 1.165) is 12.1 Å². The predicted molar refractivity (Wildman–Crippen MR) is 90.8 cm³/mol. The Labute approximate surface area is 152 Å². The molecule has 142 valence electrons. The van der Waals surface area contributed by atoms with Gasteiger partial charge in [-0.3, -0.25) is 9.59 Å². The fraction of sp³-hybridized carbons (Fsp3) is 0.222. The Morgan fingerprint density at radius 1 is 0.926 bits per heavy atom. The molecule has 1 heterocycles. The summed E-state index contributed by atoms with van der Waals surface area (Å²) in [7, 11) is 0. The van der Waals surface area contributed by atoms with Crippen LogP contribution < -0.4 is 20.1 Å². The molecular formula is C18H15F3N2O4. The van der Waals surface area contributed by atoms with E-state index in [-0.39, 0.29) is 0 Å². The number of hydrogen-bond donors (Lipinski definition) is 2. The van der Waals surface area contributed by atoms with Crippen molar-refractivity contribution < 1.29 is 32.2 Å². The Hall–Kier alpha value is -3.23. The molecule has 3 rings (SSSR count). The molecule has 0 atom stereocenters. The first-order valence-electron chi connectivity index (χ1n) is 7.98. The number of carbonyl (C=O) groups excluding carboxylic acids is 2. The molecule has 0 unspecified atom stereocenters. The molecule has 0 bridgehead atoms. The lowest BCUT2D eigenvalue weighted by Gasteiger charge is -2.19. The third-order valence-electron chi connectivity index (χ3n) is 3.65. The van der Waals surface area contributed by atoms with Crippen LogP contribution in [0.25, 0.3) is 0 Å². The van der Waals surface area contributed by atoms with Gasteiger partial charge >= 0.3 is 6.18 Å². The largest absolute Gasteiger partial charge is 0.486 e. The second-order valence-electron chi connectivity index (χ2n) is 5.67. The monoisotopic (exact) mass is 380 g/mol. The number of fused-ring (bicyclic) bond motifs is 1. The summed E-state index contributed by atoms with van der Waals surface area (Å²) in [6.45, 7) is 0.809. The fourth-order valence-electron chi connectivity index (χ4n) is 2.51. The average Bonchev–Trinajstić information content (AvgIpc) is 2.61. The fourth-order valence-corrected chi connectivity index (χ4v) is 2.51. The molecule has 27 heavy (non-hydrogen) atoms. The third-order valence-corrected chi connectivity index (χ3v) is 3.65. The van der Waals surface area contributed by atoms with Crippen LogP contribution >= 0.6 is 0 Å². The minimum atomic E-state index is -4.61. The van der Waals surface area contributed by atoms with E-state index in [0.29, 0.717) is 30.4 Å². The Morgan fingerprint density at radius 2 is 1.59 bits per heavy atom. The van der Waals surface area contributed by atoms with Crippen molar-refractivity contribution in [2.24, 2.45) is 0 Å². The van der Waals surface area contributed by atoms with Gasteiger partial charge < -0.3 is 20.1 Å². The van der Waals surface area contributed by atoms with Crippen LogP contribution in [-0.2, 0) is 15.8 Å². The van der Waals surface area contributed by atoms with Gasteiger partial charge in [-0.25, -0.2) is 0 Å². The van der Waals surface area contributed by atoms with Gasteiger partial charge in [0, 0.05) is 11.8 Å². The van der Waals surface area contributed by atoms with E-state index in [2.05, 4.69) is 10.6 Å². The van der Waals surface area contributed by atoms with Gasteiger partial charge in [0.25, 0.3) is 0 Å². The highest BCUT2D eigenvalue weighted by molar-refractivity contribution is 6.08. The summed E-state index contributed by atoms with van der Waals surface area (Å²) in [5.41, 5.74) is -1.000. The standard InChI is InChI=1S/C18H15F3N2O4/c19-18(20,21)12-3-1-2-4-13(12)23-17(25)10-16(24)22-11-5-6-14-15(9-11)27-8-7-26-14/h1-6,9H,7-8,10H2,(H,22,24)(H,23,25). The number of alkyl halides is 3. The lowest BCUT2D eigenvalue weighted by molar-refractivity contribution is -0.137. The van der Waals surface area contributed by atoms with E-state index < -0.39 is 35.7 Å². The summed E-state index contributed by atoms with van der Waals surface area (Å²) >= 11 is 0. The zero-order chi connectivity index (χ0) is 19.4. The van der Waals surface area contributed by atoms with Crippen LogP contribution in [0, 0.1) is 0 Å². The number of nitrogens with one attached hydrogen (secondary N) is 2. The van der Waals surface area contributed by atoms with Crippen molar-refractivity contribution in [3.8, 4) is 11.5 Å². The number of carbonyl (C=O) groups is 2. The van der Waals surface area contributed by atoms with Crippen LogP contribution in [0.3, 0.4) is 0 Å². The van der Waals surface area contributed by atoms with E-state index in [1.165, 1.54) is 12.1 Å². The quantitative estimate of drug-likeness (QED) is 0.797. The Bertz CT molecular complexity index is 868. The molecule has 2 N–H and O–H groups in total. The summed E-state index contributed by atoms with van der Waals surface area (Å²) in [4.78, 5) is 23.9. The SMILES string of the molecule is O=C(CC(=O)Nc1ccccc1C(F)(F)F)Nc1ccc2c(c1)OCCO2. The molecule has 0 saturated heterocycles. The van der Waals surface area contributed by atoms with Crippen molar-refractivity contribution in [1.82, 2.24) is 0 Å². The number of ether oxygens (including phenoxy) is 2. The normalized spacial score (nSPS) is 13.0. The smallest absolute Gasteiger partial charge is 0.418 e. The number of benzene rings is 2. The van der Waals surface area contributed by atoms with Crippen LogP contribution in [-0.4, -0.2) is 25.0 Å². The highest BCUT2D eigenvalue weighted by Gasteiger charge is 2.33.